The predicted molar refractivity (Wildman–Crippen MR) is 85.5 cm³/mol. The average molecular weight is 337 g/mol. The Hall–Kier alpha value is -2.35. The van der Waals surface area contributed by atoms with E-state index in [0.29, 0.717) is 24.5 Å². The van der Waals surface area contributed by atoms with Crippen LogP contribution in [0, 0.1) is 11.7 Å². The molecule has 1 atom stereocenters. The molecule has 1 aromatic carbocycles. The Morgan fingerprint density at radius 1 is 1.42 bits per heavy atom. The zero-order chi connectivity index (χ0) is 17.3. The lowest BCUT2D eigenvalue weighted by molar-refractivity contribution is -0.119. The van der Waals surface area contributed by atoms with Gasteiger partial charge in [0.25, 0.3) is 0 Å². The number of nitrogens with one attached hydrogen (secondary N) is 1. The number of amides is 2. The Labute approximate surface area is 139 Å². The van der Waals surface area contributed by atoms with Crippen LogP contribution in [-0.2, 0) is 9.53 Å². The fourth-order valence-corrected chi connectivity index (χ4v) is 2.90. The Morgan fingerprint density at radius 3 is 2.79 bits per heavy atom. The molecule has 0 radical (unpaired) electrons. The molecule has 2 N–H and O–H groups in total. The minimum Gasteiger partial charge on any atom is -0.442 e. The van der Waals surface area contributed by atoms with Crippen LogP contribution in [0.4, 0.5) is 20.6 Å². The molecular weight excluding hydrogens is 317 g/mol. The maximum absolute atomic E-state index is 14.3. The first-order valence-corrected chi connectivity index (χ1v) is 7.86. The molecule has 2 aliphatic rings. The van der Waals surface area contributed by atoms with Crippen molar-refractivity contribution in [1.82, 2.24) is 5.32 Å². The van der Waals surface area contributed by atoms with Crippen molar-refractivity contribution in [2.24, 2.45) is 5.92 Å². The summed E-state index contributed by atoms with van der Waals surface area (Å²) in [5, 5.41) is 11.6. The average Bonchev–Trinajstić information content (AvgIpc) is 2.86. The summed E-state index contributed by atoms with van der Waals surface area (Å²) in [7, 11) is 0. The number of anilines is 2. The molecule has 0 bridgehead atoms. The third-order valence-electron chi connectivity index (χ3n) is 4.25. The van der Waals surface area contributed by atoms with Gasteiger partial charge in [0.2, 0.25) is 5.91 Å². The molecule has 2 saturated heterocycles. The first-order chi connectivity index (χ1) is 11.5. The van der Waals surface area contributed by atoms with Gasteiger partial charge in [0.1, 0.15) is 11.9 Å². The molecule has 2 amide bonds. The summed E-state index contributed by atoms with van der Waals surface area (Å²) in [6.07, 6.45) is -1.01. The lowest BCUT2D eigenvalue weighted by Gasteiger charge is -2.40. The second-order valence-electron chi connectivity index (χ2n) is 6.14. The first kappa shape index (κ1) is 16.5. The van der Waals surface area contributed by atoms with Crippen molar-refractivity contribution >= 4 is 23.4 Å². The largest absolute Gasteiger partial charge is 0.442 e. The molecule has 0 saturated carbocycles. The van der Waals surface area contributed by atoms with Crippen LogP contribution >= 0.6 is 0 Å². The van der Waals surface area contributed by atoms with Gasteiger partial charge in [0, 0.05) is 32.5 Å². The Bertz CT molecular complexity index is 648. The number of aliphatic hydroxyl groups excluding tert-OH is 1. The smallest absolute Gasteiger partial charge is 0.414 e. The van der Waals surface area contributed by atoms with E-state index in [-0.39, 0.29) is 31.5 Å². The van der Waals surface area contributed by atoms with Gasteiger partial charge >= 0.3 is 6.09 Å². The van der Waals surface area contributed by atoms with Crippen molar-refractivity contribution in [3.8, 4) is 0 Å². The molecule has 130 valence electrons. The molecule has 0 aromatic heterocycles. The number of hydrogen-bond acceptors (Lipinski definition) is 5. The molecule has 2 aliphatic heterocycles. The minimum absolute atomic E-state index is 0.103. The van der Waals surface area contributed by atoms with E-state index >= 15 is 0 Å². The van der Waals surface area contributed by atoms with Crippen molar-refractivity contribution in [2.45, 2.75) is 13.0 Å². The van der Waals surface area contributed by atoms with E-state index in [1.807, 2.05) is 4.90 Å². The SMILES string of the molecule is CC(=O)NC[C@H]1CN(c2ccc(N3CC(CO)C3)c(F)c2)C(=O)O1. The van der Waals surface area contributed by atoms with Crippen LogP contribution in [0.25, 0.3) is 0 Å². The standard InChI is InChI=1S/C16H20FN3O4/c1-10(22)18-5-13-8-20(16(23)24-13)12-2-3-15(14(17)4-12)19-6-11(7-19)9-21/h2-4,11,13,21H,5-9H2,1H3,(H,18,22)/t13-/m0/s1. The highest BCUT2D eigenvalue weighted by atomic mass is 19.1. The van der Waals surface area contributed by atoms with Gasteiger partial charge in [0.15, 0.2) is 0 Å². The normalized spacial score (nSPS) is 20.8. The van der Waals surface area contributed by atoms with E-state index in [1.165, 1.54) is 17.9 Å². The molecule has 2 heterocycles. The summed E-state index contributed by atoms with van der Waals surface area (Å²) >= 11 is 0. The van der Waals surface area contributed by atoms with Gasteiger partial charge in [-0.05, 0) is 18.2 Å². The quantitative estimate of drug-likeness (QED) is 0.827. The lowest BCUT2D eigenvalue weighted by atomic mass is 10.00. The van der Waals surface area contributed by atoms with Crippen LogP contribution in [0.5, 0.6) is 0 Å². The van der Waals surface area contributed by atoms with E-state index in [9.17, 15) is 14.0 Å². The molecule has 8 heteroatoms. The Balaban J connectivity index is 1.66. The molecule has 3 rings (SSSR count). The number of rotatable bonds is 5. The van der Waals surface area contributed by atoms with Gasteiger partial charge in [-0.15, -0.1) is 0 Å². The lowest BCUT2D eigenvalue weighted by Crippen LogP contribution is -2.48. The van der Waals surface area contributed by atoms with Gasteiger partial charge < -0.3 is 20.1 Å². The van der Waals surface area contributed by atoms with Crippen LogP contribution in [-0.4, -0.2) is 56.0 Å². The Kier molecular flexibility index (Phi) is 4.57. The molecule has 0 unspecified atom stereocenters. The molecule has 7 nitrogen and oxygen atoms in total. The van der Waals surface area contributed by atoms with Crippen molar-refractivity contribution in [3.05, 3.63) is 24.0 Å². The zero-order valence-corrected chi connectivity index (χ0v) is 13.4. The van der Waals surface area contributed by atoms with Crippen LogP contribution in [0.15, 0.2) is 18.2 Å². The Morgan fingerprint density at radius 2 is 2.17 bits per heavy atom. The summed E-state index contributed by atoms with van der Waals surface area (Å²) in [5.41, 5.74) is 0.886. The van der Waals surface area contributed by atoms with Crippen molar-refractivity contribution in [3.63, 3.8) is 0 Å². The monoisotopic (exact) mass is 337 g/mol. The zero-order valence-electron chi connectivity index (χ0n) is 13.4. The molecule has 0 aliphatic carbocycles. The fraction of sp³-hybridized carbons (Fsp3) is 0.500. The molecule has 24 heavy (non-hydrogen) atoms. The number of halogens is 1. The van der Waals surface area contributed by atoms with E-state index in [4.69, 9.17) is 9.84 Å². The van der Waals surface area contributed by atoms with Gasteiger partial charge in [-0.25, -0.2) is 9.18 Å². The number of nitrogens with zero attached hydrogens (tertiary/aromatic N) is 2. The molecule has 1 aromatic rings. The minimum atomic E-state index is -0.554. The van der Waals surface area contributed by atoms with Gasteiger partial charge in [-0.2, -0.15) is 0 Å². The highest BCUT2D eigenvalue weighted by Gasteiger charge is 2.33. The molecule has 2 fully saturated rings. The number of ether oxygens (including phenoxy) is 1. The summed E-state index contributed by atoms with van der Waals surface area (Å²) in [5.74, 6) is -0.426. The predicted octanol–water partition coefficient (Wildman–Crippen LogP) is 0.715. The van der Waals surface area contributed by atoms with Crippen molar-refractivity contribution < 1.29 is 23.8 Å². The fourth-order valence-electron chi connectivity index (χ4n) is 2.90. The maximum atomic E-state index is 14.3. The van der Waals surface area contributed by atoms with Crippen LogP contribution < -0.4 is 15.1 Å². The second kappa shape index (κ2) is 6.64. The first-order valence-electron chi connectivity index (χ1n) is 7.86. The molecular formula is C16H20FN3O4. The summed E-state index contributed by atoms with van der Waals surface area (Å²) in [4.78, 5) is 26.1. The third kappa shape index (κ3) is 3.28. The second-order valence-corrected chi connectivity index (χ2v) is 6.14. The van der Waals surface area contributed by atoms with Gasteiger partial charge in [-0.1, -0.05) is 0 Å². The van der Waals surface area contributed by atoms with E-state index < -0.39 is 18.0 Å². The summed E-state index contributed by atoms with van der Waals surface area (Å²) in [6, 6.07) is 4.61. The van der Waals surface area contributed by atoms with Crippen molar-refractivity contribution in [1.29, 1.82) is 0 Å². The van der Waals surface area contributed by atoms with Gasteiger partial charge in [-0.3, -0.25) is 9.69 Å². The van der Waals surface area contributed by atoms with Crippen LogP contribution in [0.2, 0.25) is 0 Å². The van der Waals surface area contributed by atoms with Crippen LogP contribution in [0.1, 0.15) is 6.92 Å². The third-order valence-corrected chi connectivity index (χ3v) is 4.25. The number of carbonyl (C=O) groups is 2. The summed E-state index contributed by atoms with van der Waals surface area (Å²) in [6.45, 7) is 3.22. The number of benzene rings is 1. The number of cyclic esters (lactones) is 1. The van der Waals surface area contributed by atoms with Gasteiger partial charge in [0.05, 0.1) is 24.5 Å². The number of carbonyl (C=O) groups excluding carboxylic acids is 2. The number of hydrogen-bond donors (Lipinski definition) is 2. The number of aliphatic hydroxyl groups is 1. The van der Waals surface area contributed by atoms with Crippen molar-refractivity contribution in [2.75, 3.05) is 42.6 Å². The summed E-state index contributed by atoms with van der Waals surface area (Å²) < 4.78 is 19.5. The van der Waals surface area contributed by atoms with E-state index in [1.54, 1.807) is 12.1 Å². The topological polar surface area (TPSA) is 82.1 Å². The highest BCUT2D eigenvalue weighted by molar-refractivity contribution is 5.90. The van der Waals surface area contributed by atoms with E-state index in [0.717, 1.165) is 0 Å². The van der Waals surface area contributed by atoms with Crippen LogP contribution in [0.3, 0.4) is 0 Å². The van der Waals surface area contributed by atoms with E-state index in [2.05, 4.69) is 5.32 Å². The molecule has 0 spiro atoms. The maximum Gasteiger partial charge on any atom is 0.414 e. The highest BCUT2D eigenvalue weighted by Crippen LogP contribution is 2.31.